The van der Waals surface area contributed by atoms with Gasteiger partial charge in [-0.05, 0) is 6.92 Å². The van der Waals surface area contributed by atoms with E-state index in [0.29, 0.717) is 11.5 Å². The molecular formula is C9H18ClNO4S3. The number of hydrogen-bond acceptors (Lipinski definition) is 5. The van der Waals surface area contributed by atoms with Gasteiger partial charge in [-0.15, -0.1) is 11.6 Å². The molecule has 108 valence electrons. The van der Waals surface area contributed by atoms with Crippen molar-refractivity contribution in [3.8, 4) is 0 Å². The van der Waals surface area contributed by atoms with E-state index in [0.717, 1.165) is 4.31 Å². The zero-order chi connectivity index (χ0) is 14.0. The minimum absolute atomic E-state index is 0.0368. The summed E-state index contributed by atoms with van der Waals surface area (Å²) in [6.45, 7) is 3.27. The highest BCUT2D eigenvalue weighted by molar-refractivity contribution is 8.01. The number of hydrogen-bond donors (Lipinski definition) is 0. The van der Waals surface area contributed by atoms with Gasteiger partial charge in [0.25, 0.3) is 0 Å². The third-order valence-corrected chi connectivity index (χ3v) is 9.25. The topological polar surface area (TPSA) is 71.5 Å². The fourth-order valence-electron chi connectivity index (χ4n) is 1.64. The van der Waals surface area contributed by atoms with Crippen molar-refractivity contribution in [2.45, 2.75) is 24.5 Å². The van der Waals surface area contributed by atoms with Crippen LogP contribution >= 0.6 is 23.4 Å². The van der Waals surface area contributed by atoms with Crippen molar-refractivity contribution in [3.05, 3.63) is 0 Å². The maximum Gasteiger partial charge on any atom is 0.219 e. The molecule has 1 aliphatic rings. The Morgan fingerprint density at radius 2 is 2.00 bits per heavy atom. The second kappa shape index (κ2) is 6.30. The Balaban J connectivity index is 3.12. The van der Waals surface area contributed by atoms with Crippen molar-refractivity contribution in [1.82, 2.24) is 4.31 Å². The molecule has 0 aliphatic carbocycles. The first kappa shape index (κ1) is 16.6. The molecule has 0 bridgehead atoms. The minimum atomic E-state index is -3.65. The van der Waals surface area contributed by atoms with Gasteiger partial charge in [-0.25, -0.2) is 16.8 Å². The summed E-state index contributed by atoms with van der Waals surface area (Å²) in [5, 5.41) is -1.71. The first-order chi connectivity index (χ1) is 8.27. The Morgan fingerprint density at radius 1 is 1.39 bits per heavy atom. The van der Waals surface area contributed by atoms with Gasteiger partial charge >= 0.3 is 0 Å². The Bertz CT molecular complexity index is 476. The Hall–Kier alpha value is 0.500. The molecule has 0 amide bonds. The molecule has 0 N–H and O–H groups in total. The number of rotatable bonds is 5. The second-order valence-corrected chi connectivity index (χ2v) is 10.3. The average Bonchev–Trinajstić information content (AvgIpc) is 2.37. The summed E-state index contributed by atoms with van der Waals surface area (Å²) in [4.78, 5) is 0. The molecule has 2 atom stereocenters. The minimum Gasteiger partial charge on any atom is -0.227 e. The summed E-state index contributed by atoms with van der Waals surface area (Å²) in [7, 11) is -7.06. The molecule has 9 heteroatoms. The van der Waals surface area contributed by atoms with E-state index in [4.69, 9.17) is 11.6 Å². The van der Waals surface area contributed by atoms with Crippen molar-refractivity contribution >= 4 is 43.2 Å². The summed E-state index contributed by atoms with van der Waals surface area (Å²) in [5.41, 5.74) is 0. The average molecular weight is 336 g/mol. The molecule has 18 heavy (non-hydrogen) atoms. The van der Waals surface area contributed by atoms with Crippen LogP contribution in [0.2, 0.25) is 0 Å². The SMILES string of the molecule is CCS(=O)(=O)C1CSCCN1S(=O)(=O)C(C)CCl. The van der Waals surface area contributed by atoms with Gasteiger partial charge in [-0.1, -0.05) is 6.92 Å². The van der Waals surface area contributed by atoms with Crippen LogP contribution in [0, 0.1) is 0 Å². The predicted molar refractivity (Wildman–Crippen MR) is 76.4 cm³/mol. The third kappa shape index (κ3) is 3.33. The highest BCUT2D eigenvalue weighted by atomic mass is 35.5. The fraction of sp³-hybridized carbons (Fsp3) is 1.00. The van der Waals surface area contributed by atoms with Gasteiger partial charge in [0.05, 0.1) is 5.25 Å². The molecule has 5 nitrogen and oxygen atoms in total. The van der Waals surface area contributed by atoms with Gasteiger partial charge in [-0.2, -0.15) is 16.1 Å². The molecule has 1 aliphatic heterocycles. The monoisotopic (exact) mass is 335 g/mol. The summed E-state index contributed by atoms with van der Waals surface area (Å²) in [6, 6.07) is 0. The quantitative estimate of drug-likeness (QED) is 0.693. The molecule has 2 unspecified atom stereocenters. The van der Waals surface area contributed by atoms with E-state index in [9.17, 15) is 16.8 Å². The van der Waals surface area contributed by atoms with Crippen LogP contribution in [0.4, 0.5) is 0 Å². The lowest BCUT2D eigenvalue weighted by atomic mass is 10.6. The summed E-state index contributed by atoms with van der Waals surface area (Å²) >= 11 is 7.06. The van der Waals surface area contributed by atoms with E-state index >= 15 is 0 Å². The highest BCUT2D eigenvalue weighted by Gasteiger charge is 2.41. The number of sulfone groups is 1. The van der Waals surface area contributed by atoms with Crippen LogP contribution in [0.3, 0.4) is 0 Å². The Labute approximate surface area is 118 Å². The van der Waals surface area contributed by atoms with Gasteiger partial charge in [0, 0.05) is 29.7 Å². The Morgan fingerprint density at radius 3 is 2.50 bits per heavy atom. The van der Waals surface area contributed by atoms with E-state index in [-0.39, 0.29) is 18.2 Å². The van der Waals surface area contributed by atoms with Gasteiger partial charge < -0.3 is 0 Å². The maximum atomic E-state index is 12.3. The van der Waals surface area contributed by atoms with E-state index in [1.54, 1.807) is 0 Å². The smallest absolute Gasteiger partial charge is 0.219 e. The largest absolute Gasteiger partial charge is 0.227 e. The zero-order valence-corrected chi connectivity index (χ0v) is 13.6. The number of sulfonamides is 1. The zero-order valence-electron chi connectivity index (χ0n) is 10.4. The van der Waals surface area contributed by atoms with Crippen LogP contribution in [0.5, 0.6) is 0 Å². The molecule has 1 saturated heterocycles. The molecule has 0 radical (unpaired) electrons. The van der Waals surface area contributed by atoms with E-state index in [2.05, 4.69) is 0 Å². The van der Waals surface area contributed by atoms with Crippen molar-refractivity contribution in [2.24, 2.45) is 0 Å². The van der Waals surface area contributed by atoms with Gasteiger partial charge in [0.1, 0.15) is 5.37 Å². The summed E-state index contributed by atoms with van der Waals surface area (Å²) in [5.74, 6) is 0.818. The number of alkyl halides is 1. The van der Waals surface area contributed by atoms with Crippen molar-refractivity contribution < 1.29 is 16.8 Å². The standard InChI is InChI=1S/C9H18ClNO4S3/c1-3-17(12,13)9-7-16-5-4-11(9)18(14,15)8(2)6-10/h8-9H,3-7H2,1-2H3. The molecule has 0 aromatic heterocycles. The summed E-state index contributed by atoms with van der Waals surface area (Å²) < 4.78 is 49.6. The summed E-state index contributed by atoms with van der Waals surface area (Å²) in [6.07, 6.45) is 0. The van der Waals surface area contributed by atoms with Crippen molar-refractivity contribution in [1.29, 1.82) is 0 Å². The fourth-order valence-corrected chi connectivity index (χ4v) is 7.29. The lowest BCUT2D eigenvalue weighted by Crippen LogP contribution is -2.53. The van der Waals surface area contributed by atoms with Crippen LogP contribution in [0.1, 0.15) is 13.8 Å². The second-order valence-electron chi connectivity index (χ2n) is 4.10. The maximum absolute atomic E-state index is 12.3. The first-order valence-corrected chi connectivity index (χ1v) is 10.5. The Kier molecular flexibility index (Phi) is 5.79. The van der Waals surface area contributed by atoms with E-state index in [1.807, 2.05) is 0 Å². The molecule has 1 fully saturated rings. The van der Waals surface area contributed by atoms with E-state index < -0.39 is 30.5 Å². The molecule has 0 spiro atoms. The van der Waals surface area contributed by atoms with Gasteiger partial charge in [0.2, 0.25) is 10.0 Å². The van der Waals surface area contributed by atoms with Crippen LogP contribution in [-0.4, -0.2) is 61.4 Å². The molecule has 0 aromatic carbocycles. The number of nitrogens with zero attached hydrogens (tertiary/aromatic N) is 1. The molecular weight excluding hydrogens is 318 g/mol. The van der Waals surface area contributed by atoms with E-state index in [1.165, 1.54) is 25.6 Å². The lowest BCUT2D eigenvalue weighted by molar-refractivity contribution is 0.399. The third-order valence-electron chi connectivity index (χ3n) is 2.91. The van der Waals surface area contributed by atoms with Crippen molar-refractivity contribution in [3.63, 3.8) is 0 Å². The van der Waals surface area contributed by atoms with Crippen molar-refractivity contribution in [2.75, 3.05) is 29.7 Å². The predicted octanol–water partition coefficient (Wildman–Crippen LogP) is 0.753. The first-order valence-electron chi connectivity index (χ1n) is 5.63. The number of halogens is 1. The number of thioether (sulfide) groups is 1. The molecule has 0 saturated carbocycles. The van der Waals surface area contributed by atoms with Crippen LogP contribution in [0.15, 0.2) is 0 Å². The van der Waals surface area contributed by atoms with Gasteiger partial charge in [-0.3, -0.25) is 0 Å². The molecule has 0 aromatic rings. The lowest BCUT2D eigenvalue weighted by Gasteiger charge is -2.35. The molecule has 1 heterocycles. The normalized spacial score (nSPS) is 24.9. The van der Waals surface area contributed by atoms with Crippen LogP contribution in [-0.2, 0) is 19.9 Å². The van der Waals surface area contributed by atoms with Crippen LogP contribution < -0.4 is 0 Å². The molecule has 1 rings (SSSR count). The van der Waals surface area contributed by atoms with Gasteiger partial charge in [0.15, 0.2) is 9.84 Å². The van der Waals surface area contributed by atoms with Crippen LogP contribution in [0.25, 0.3) is 0 Å². The highest BCUT2D eigenvalue weighted by Crippen LogP contribution is 2.26.